The lowest BCUT2D eigenvalue weighted by atomic mass is 9.72. The van der Waals surface area contributed by atoms with Crippen LogP contribution in [-0.2, 0) is 14.8 Å². The summed E-state index contributed by atoms with van der Waals surface area (Å²) in [5.41, 5.74) is 4.00. The predicted molar refractivity (Wildman–Crippen MR) is 240 cm³/mol. The number of nitro benzene ring substituents is 1. The number of ketones is 1. The molecule has 3 aliphatic rings. The van der Waals surface area contributed by atoms with Crippen LogP contribution in [0.15, 0.2) is 95.7 Å². The van der Waals surface area contributed by atoms with Crippen molar-refractivity contribution >= 4 is 67.0 Å². The Balaban J connectivity index is 1.02. The Kier molecular flexibility index (Phi) is 11.9. The first kappa shape index (κ1) is 42.9. The molecule has 1 amide bonds. The molecule has 2 aromatic heterocycles. The van der Waals surface area contributed by atoms with Crippen LogP contribution in [0.2, 0.25) is 5.02 Å². The highest BCUT2D eigenvalue weighted by atomic mass is 35.5. The maximum absolute atomic E-state index is 13.9. The number of fused-ring (bicyclic) bond motifs is 1. The summed E-state index contributed by atoms with van der Waals surface area (Å²) in [6.45, 7) is 10.7. The molecule has 2 saturated heterocycles. The number of Topliss-reactive ketones (excluding diaryl/α,β-unsaturated/α-hetero) is 1. The molecule has 0 unspecified atom stereocenters. The lowest BCUT2D eigenvalue weighted by Crippen LogP contribution is -2.47. The number of benzene rings is 3. The molecule has 0 spiro atoms. The summed E-state index contributed by atoms with van der Waals surface area (Å²) in [5.74, 6) is -0.778. The van der Waals surface area contributed by atoms with Crippen LogP contribution in [0.1, 0.15) is 62.4 Å². The first-order valence-electron chi connectivity index (χ1n) is 20.6. The Bertz CT molecular complexity index is 2690. The van der Waals surface area contributed by atoms with Gasteiger partial charge in [0.2, 0.25) is 0 Å². The molecule has 0 saturated carbocycles. The number of H-pyrrole nitrogens is 1. The van der Waals surface area contributed by atoms with Gasteiger partial charge in [0.25, 0.3) is 21.6 Å². The van der Waals surface area contributed by atoms with E-state index in [2.05, 4.69) is 61.1 Å². The summed E-state index contributed by atoms with van der Waals surface area (Å²) in [6.07, 6.45) is 6.82. The van der Waals surface area contributed by atoms with E-state index in [0.29, 0.717) is 37.5 Å². The largest absolute Gasteiger partial charge is 0.455 e. The fraction of sp³-hybridized carbons (Fsp3) is 0.356. The van der Waals surface area contributed by atoms with E-state index in [0.717, 1.165) is 67.1 Å². The molecule has 17 heteroatoms. The third-order valence-corrected chi connectivity index (χ3v) is 13.8. The Morgan fingerprint density at radius 1 is 1.00 bits per heavy atom. The highest BCUT2D eigenvalue weighted by Gasteiger charge is 2.40. The molecule has 62 heavy (non-hydrogen) atoms. The van der Waals surface area contributed by atoms with Crippen LogP contribution in [0.5, 0.6) is 11.5 Å². The van der Waals surface area contributed by atoms with Gasteiger partial charge in [0.15, 0.2) is 5.78 Å². The van der Waals surface area contributed by atoms with Gasteiger partial charge in [-0.3, -0.25) is 24.6 Å². The number of nitrogens with one attached hydrogen (secondary N) is 4. The lowest BCUT2D eigenvalue weighted by Gasteiger charge is -2.39. The van der Waals surface area contributed by atoms with Crippen LogP contribution in [0, 0.1) is 15.5 Å². The Morgan fingerprint density at radius 2 is 1.77 bits per heavy atom. The number of hydrogen-bond donors (Lipinski definition) is 4. The van der Waals surface area contributed by atoms with Gasteiger partial charge in [-0.1, -0.05) is 43.2 Å². The topological polar surface area (TPSA) is 192 Å². The van der Waals surface area contributed by atoms with E-state index >= 15 is 0 Å². The maximum atomic E-state index is 13.9. The first-order chi connectivity index (χ1) is 29.6. The minimum Gasteiger partial charge on any atom is -0.455 e. The SMILES string of the molecule is CC(=O)[C@@]1(Nc2ccc(S(=O)(=O)NC(=O)c3ccc(N4CCN(CC5=C(c6ccc(Cl)cc6)CC(C)(C)CC5)CC4)cc3Oc3cnc4[nH]ccc4c3)cc2[N+](=O)[O-])CCNC1. The molecule has 2 aliphatic heterocycles. The Morgan fingerprint density at radius 3 is 2.48 bits per heavy atom. The predicted octanol–water partition coefficient (Wildman–Crippen LogP) is 7.55. The number of amides is 1. The van der Waals surface area contributed by atoms with E-state index in [1.54, 1.807) is 24.4 Å². The van der Waals surface area contributed by atoms with E-state index < -0.39 is 37.0 Å². The van der Waals surface area contributed by atoms with Gasteiger partial charge in [0, 0.05) is 73.7 Å². The fourth-order valence-electron chi connectivity index (χ4n) is 8.60. The summed E-state index contributed by atoms with van der Waals surface area (Å²) < 4.78 is 35.8. The fourth-order valence-corrected chi connectivity index (χ4v) is 9.71. The van der Waals surface area contributed by atoms with E-state index in [9.17, 15) is 28.1 Å². The van der Waals surface area contributed by atoms with E-state index in [1.807, 2.05) is 18.2 Å². The second-order valence-electron chi connectivity index (χ2n) is 17.1. The van der Waals surface area contributed by atoms with Gasteiger partial charge >= 0.3 is 0 Å². The maximum Gasteiger partial charge on any atom is 0.293 e. The van der Waals surface area contributed by atoms with Gasteiger partial charge in [0.05, 0.1) is 21.6 Å². The molecule has 1 aliphatic carbocycles. The Labute approximate surface area is 365 Å². The number of allylic oxidation sites excluding steroid dienone is 1. The highest BCUT2D eigenvalue weighted by Crippen LogP contribution is 2.43. The van der Waals surface area contributed by atoms with E-state index in [-0.39, 0.29) is 34.7 Å². The average Bonchev–Trinajstić information content (AvgIpc) is 3.92. The first-order valence-corrected chi connectivity index (χ1v) is 22.5. The van der Waals surface area contributed by atoms with Crippen molar-refractivity contribution in [1.82, 2.24) is 24.9 Å². The number of aromatic amines is 1. The summed E-state index contributed by atoms with van der Waals surface area (Å²) >= 11 is 6.24. The highest BCUT2D eigenvalue weighted by molar-refractivity contribution is 7.90. The van der Waals surface area contributed by atoms with Crippen molar-refractivity contribution in [2.24, 2.45) is 5.41 Å². The summed E-state index contributed by atoms with van der Waals surface area (Å²) in [7, 11) is -4.64. The Hall–Kier alpha value is -5.81. The van der Waals surface area contributed by atoms with Crippen molar-refractivity contribution in [3.8, 4) is 11.5 Å². The number of anilines is 2. The number of piperazine rings is 1. The van der Waals surface area contributed by atoms with Gasteiger partial charge in [-0.15, -0.1) is 0 Å². The third kappa shape index (κ3) is 9.19. The van der Waals surface area contributed by atoms with Crippen molar-refractivity contribution < 1.29 is 27.7 Å². The van der Waals surface area contributed by atoms with Crippen molar-refractivity contribution in [3.05, 3.63) is 117 Å². The van der Waals surface area contributed by atoms with Gasteiger partial charge in [-0.25, -0.2) is 18.1 Å². The van der Waals surface area contributed by atoms with Crippen LogP contribution >= 0.6 is 11.6 Å². The number of nitrogens with zero attached hydrogens (tertiary/aromatic N) is 4. The van der Waals surface area contributed by atoms with Crippen molar-refractivity contribution in [3.63, 3.8) is 0 Å². The standard InChI is InChI=1S/C45H49ClN8O7S/c1-29(55)45(15-17-47-28-45)50-39-11-9-36(24-40(39)54(57)58)62(59,60)51-43(56)37-10-8-34(23-41(37)61-35-22-31-13-16-48-42(31)49-26-35)53-20-18-52(19-21-53)27-32-12-14-44(2,3)25-38(32)30-4-6-33(46)7-5-30/h4-11,13,16,22-24,26,47,50H,12,14-15,17-21,25,27-28H2,1-3H3,(H,48,49)(H,51,56)/t45-/m1/s1. The molecular weight excluding hydrogens is 832 g/mol. The van der Waals surface area contributed by atoms with Crippen LogP contribution in [0.25, 0.3) is 16.6 Å². The molecule has 5 aromatic rings. The van der Waals surface area contributed by atoms with Crippen molar-refractivity contribution in [2.75, 3.05) is 56.0 Å². The van der Waals surface area contributed by atoms with Gasteiger partial charge in [0.1, 0.15) is 28.4 Å². The van der Waals surface area contributed by atoms with Crippen LogP contribution in [0.3, 0.4) is 0 Å². The quantitative estimate of drug-likeness (QED) is 0.0672. The number of ether oxygens (including phenoxy) is 1. The van der Waals surface area contributed by atoms with Crippen molar-refractivity contribution in [1.29, 1.82) is 0 Å². The van der Waals surface area contributed by atoms with Gasteiger partial charge < -0.3 is 25.3 Å². The zero-order valence-corrected chi connectivity index (χ0v) is 36.4. The van der Waals surface area contributed by atoms with Crippen LogP contribution in [0.4, 0.5) is 17.1 Å². The molecule has 8 rings (SSSR count). The number of aromatic nitrogens is 2. The number of carbonyl (C=O) groups excluding carboxylic acids is 2. The van der Waals surface area contributed by atoms with Gasteiger partial charge in [-0.05, 0) is 104 Å². The number of hydrogen-bond acceptors (Lipinski definition) is 12. The van der Waals surface area contributed by atoms with E-state index in [4.69, 9.17) is 16.3 Å². The van der Waals surface area contributed by atoms with Crippen LogP contribution in [-0.4, -0.2) is 91.3 Å². The summed E-state index contributed by atoms with van der Waals surface area (Å²) in [4.78, 5) is 49.6. The lowest BCUT2D eigenvalue weighted by molar-refractivity contribution is -0.384. The molecular formula is C45H49ClN8O7S. The number of nitro groups is 1. The normalized spacial score (nSPS) is 19.4. The minimum atomic E-state index is -4.64. The van der Waals surface area contributed by atoms with Gasteiger partial charge in [-0.2, -0.15) is 0 Å². The molecule has 2 fully saturated rings. The molecule has 0 radical (unpaired) electrons. The molecule has 324 valence electrons. The van der Waals surface area contributed by atoms with E-state index in [1.165, 1.54) is 42.0 Å². The summed E-state index contributed by atoms with van der Waals surface area (Å²) in [6, 6.07) is 20.0. The number of halogens is 1. The van der Waals surface area contributed by atoms with Crippen LogP contribution < -0.4 is 25.0 Å². The molecule has 15 nitrogen and oxygen atoms in total. The second kappa shape index (κ2) is 17.2. The zero-order chi connectivity index (χ0) is 43.8. The second-order valence-corrected chi connectivity index (χ2v) is 19.2. The number of pyridine rings is 1. The number of carbonyl (C=O) groups is 2. The molecule has 0 bridgehead atoms. The smallest absolute Gasteiger partial charge is 0.293 e. The molecule has 4 N–H and O–H groups in total. The monoisotopic (exact) mass is 880 g/mol. The van der Waals surface area contributed by atoms with Crippen molar-refractivity contribution in [2.45, 2.75) is 56.9 Å². The molecule has 1 atom stereocenters. The number of rotatable bonds is 13. The minimum absolute atomic E-state index is 0.0166. The summed E-state index contributed by atoms with van der Waals surface area (Å²) in [5, 5.41) is 19.8. The zero-order valence-electron chi connectivity index (χ0n) is 34.8. The third-order valence-electron chi connectivity index (χ3n) is 12.2. The number of sulfonamides is 1. The molecule has 3 aromatic carbocycles. The average molecular weight is 881 g/mol. The molecule has 4 heterocycles.